The van der Waals surface area contributed by atoms with E-state index < -0.39 is 0 Å². The van der Waals surface area contributed by atoms with Crippen LogP contribution >= 0.6 is 0 Å². The molecule has 0 N–H and O–H groups in total. The van der Waals surface area contributed by atoms with Gasteiger partial charge >= 0.3 is 0 Å². The van der Waals surface area contributed by atoms with Crippen LogP contribution in [0.25, 0.3) is 11.5 Å². The summed E-state index contributed by atoms with van der Waals surface area (Å²) in [5, 5.41) is 8.41. The Morgan fingerprint density at radius 3 is 2.73 bits per heavy atom. The van der Waals surface area contributed by atoms with Crippen LogP contribution in [0.3, 0.4) is 0 Å². The zero-order valence-corrected chi connectivity index (χ0v) is 17.8. The van der Waals surface area contributed by atoms with Gasteiger partial charge in [-0.1, -0.05) is 6.07 Å². The third kappa shape index (κ3) is 3.62. The van der Waals surface area contributed by atoms with Gasteiger partial charge in [0.25, 0.3) is 0 Å². The second-order valence-electron chi connectivity index (χ2n) is 8.64. The monoisotopic (exact) mass is 404 g/mol. The van der Waals surface area contributed by atoms with Crippen molar-refractivity contribution in [2.45, 2.75) is 70.6 Å². The molecule has 0 amide bonds. The van der Waals surface area contributed by atoms with Crippen molar-refractivity contribution in [3.63, 3.8) is 0 Å². The highest BCUT2D eigenvalue weighted by Gasteiger charge is 2.29. The lowest BCUT2D eigenvalue weighted by Crippen LogP contribution is -2.31. The zero-order chi connectivity index (χ0) is 20.7. The first-order valence-corrected chi connectivity index (χ1v) is 10.8. The molecule has 1 aliphatic heterocycles. The van der Waals surface area contributed by atoms with E-state index in [1.165, 1.54) is 18.5 Å². The van der Waals surface area contributed by atoms with Crippen molar-refractivity contribution in [1.29, 1.82) is 0 Å². The topological polar surface area (TPSA) is 77.0 Å². The van der Waals surface area contributed by atoms with Crippen LogP contribution in [0.5, 0.6) is 0 Å². The summed E-state index contributed by atoms with van der Waals surface area (Å²) < 4.78 is 4.27. The molecular weight excluding hydrogens is 376 g/mol. The van der Waals surface area contributed by atoms with Crippen LogP contribution in [0.2, 0.25) is 0 Å². The first-order chi connectivity index (χ1) is 14.6. The molecule has 0 radical (unpaired) electrons. The molecule has 2 atom stereocenters. The van der Waals surface area contributed by atoms with E-state index in [1.54, 1.807) is 6.33 Å². The highest BCUT2D eigenvalue weighted by Crippen LogP contribution is 2.39. The summed E-state index contributed by atoms with van der Waals surface area (Å²) in [7, 11) is 0. The lowest BCUT2D eigenvalue weighted by molar-refractivity contribution is 0.458. The first-order valence-electron chi connectivity index (χ1n) is 10.8. The molecule has 0 saturated heterocycles. The Bertz CT molecular complexity index is 1040. The van der Waals surface area contributed by atoms with Crippen LogP contribution in [0.15, 0.2) is 42.0 Å². The average molecular weight is 405 g/mol. The third-order valence-electron chi connectivity index (χ3n) is 5.93. The molecule has 30 heavy (non-hydrogen) atoms. The number of nitrogens with zero attached hydrogens (tertiary/aromatic N) is 8. The van der Waals surface area contributed by atoms with Crippen LogP contribution in [-0.4, -0.2) is 41.7 Å². The lowest BCUT2D eigenvalue weighted by atomic mass is 10.1. The number of aliphatic imine (C=N–C) groups is 1. The molecule has 2 aliphatic rings. The normalized spacial score (nSPS) is 21.9. The van der Waals surface area contributed by atoms with Gasteiger partial charge in [0.05, 0.1) is 18.4 Å². The number of pyridine rings is 1. The molecule has 3 aromatic heterocycles. The number of anilines is 1. The van der Waals surface area contributed by atoms with E-state index in [0.717, 1.165) is 30.2 Å². The molecule has 2 unspecified atom stereocenters. The van der Waals surface area contributed by atoms with E-state index in [2.05, 4.69) is 51.6 Å². The molecule has 0 aromatic carbocycles. The molecule has 1 aliphatic carbocycles. The number of imidazole rings is 1. The summed E-state index contributed by atoms with van der Waals surface area (Å²) >= 11 is 0. The highest BCUT2D eigenvalue weighted by atomic mass is 15.3. The number of hydrogen-bond donors (Lipinski definition) is 0. The number of aromatic nitrogens is 6. The fourth-order valence-electron chi connectivity index (χ4n) is 3.97. The van der Waals surface area contributed by atoms with Gasteiger partial charge in [0.1, 0.15) is 24.0 Å². The fraction of sp³-hybridized carbons (Fsp3) is 0.500. The van der Waals surface area contributed by atoms with Crippen molar-refractivity contribution in [1.82, 2.24) is 29.3 Å². The second-order valence-corrected chi connectivity index (χ2v) is 8.64. The molecular formula is C22H28N8. The Kier molecular flexibility index (Phi) is 4.84. The highest BCUT2D eigenvalue weighted by molar-refractivity contribution is 5.78. The molecule has 8 heteroatoms. The van der Waals surface area contributed by atoms with Gasteiger partial charge in [0, 0.05) is 24.2 Å². The van der Waals surface area contributed by atoms with Crippen LogP contribution in [0.1, 0.15) is 70.3 Å². The van der Waals surface area contributed by atoms with E-state index in [9.17, 15) is 0 Å². The third-order valence-corrected chi connectivity index (χ3v) is 5.93. The molecule has 8 nitrogen and oxygen atoms in total. The lowest BCUT2D eigenvalue weighted by Gasteiger charge is -2.29. The van der Waals surface area contributed by atoms with Gasteiger partial charge in [-0.2, -0.15) is 0 Å². The molecule has 0 spiro atoms. The smallest absolute Gasteiger partial charge is 0.182 e. The standard InChI is InChI=1S/C22H28N8/c1-15(2)29-14-25-27-22(29)18-5-4-6-20(26-18)30-13-23-16(3)7-10-21(30)28-11-19(24-12-28)17-8-9-17/h4-6,11-17,21H,7-10H2,1-3H3. The Morgan fingerprint density at radius 2 is 1.93 bits per heavy atom. The van der Waals surface area contributed by atoms with E-state index in [4.69, 9.17) is 9.98 Å². The van der Waals surface area contributed by atoms with Crippen molar-refractivity contribution in [3.05, 3.63) is 42.7 Å². The van der Waals surface area contributed by atoms with Crippen LogP contribution < -0.4 is 4.90 Å². The minimum absolute atomic E-state index is 0.101. The Labute approximate surface area is 176 Å². The fourth-order valence-corrected chi connectivity index (χ4v) is 3.97. The predicted molar refractivity (Wildman–Crippen MR) is 117 cm³/mol. The first kappa shape index (κ1) is 19.0. The summed E-state index contributed by atoms with van der Waals surface area (Å²) in [4.78, 5) is 16.5. The number of rotatable bonds is 5. The summed E-state index contributed by atoms with van der Waals surface area (Å²) in [5.41, 5.74) is 2.02. The quantitative estimate of drug-likeness (QED) is 0.637. The van der Waals surface area contributed by atoms with Gasteiger partial charge in [0.2, 0.25) is 0 Å². The molecule has 5 rings (SSSR count). The molecule has 1 saturated carbocycles. The minimum Gasteiger partial charge on any atom is -0.316 e. The van der Waals surface area contributed by atoms with Crippen LogP contribution in [0.4, 0.5) is 5.82 Å². The number of hydrogen-bond acceptors (Lipinski definition) is 6. The maximum Gasteiger partial charge on any atom is 0.182 e. The summed E-state index contributed by atoms with van der Waals surface area (Å²) in [6, 6.07) is 6.60. The zero-order valence-electron chi connectivity index (χ0n) is 17.8. The predicted octanol–water partition coefficient (Wildman–Crippen LogP) is 4.21. The van der Waals surface area contributed by atoms with Gasteiger partial charge in [-0.15, -0.1) is 10.2 Å². The minimum atomic E-state index is 0.101. The molecule has 4 heterocycles. The van der Waals surface area contributed by atoms with E-state index in [1.807, 2.05) is 35.4 Å². The van der Waals surface area contributed by atoms with Gasteiger partial charge in [-0.3, -0.25) is 9.89 Å². The van der Waals surface area contributed by atoms with Crippen molar-refractivity contribution in [2.24, 2.45) is 4.99 Å². The van der Waals surface area contributed by atoms with E-state index in [-0.39, 0.29) is 18.2 Å². The molecule has 1 fully saturated rings. The second kappa shape index (κ2) is 7.66. The maximum absolute atomic E-state index is 4.96. The van der Waals surface area contributed by atoms with Crippen molar-refractivity contribution >= 4 is 12.2 Å². The van der Waals surface area contributed by atoms with Gasteiger partial charge < -0.3 is 9.13 Å². The maximum atomic E-state index is 4.96. The molecule has 0 bridgehead atoms. The molecule has 156 valence electrons. The summed E-state index contributed by atoms with van der Waals surface area (Å²) in [5.74, 6) is 2.28. The van der Waals surface area contributed by atoms with Crippen molar-refractivity contribution in [3.8, 4) is 11.5 Å². The molecule has 3 aromatic rings. The SMILES string of the molecule is CC1CCC(n2cnc(C3CC3)c2)N(c2cccc(-c3nncn3C(C)C)n2)C=N1. The van der Waals surface area contributed by atoms with E-state index >= 15 is 0 Å². The van der Waals surface area contributed by atoms with Crippen LogP contribution in [-0.2, 0) is 0 Å². The Balaban J connectivity index is 1.52. The largest absolute Gasteiger partial charge is 0.316 e. The Hall–Kier alpha value is -3.03. The van der Waals surface area contributed by atoms with Gasteiger partial charge in [0.15, 0.2) is 5.82 Å². The van der Waals surface area contributed by atoms with Crippen molar-refractivity contribution < 1.29 is 0 Å². The van der Waals surface area contributed by atoms with Crippen LogP contribution in [0, 0.1) is 0 Å². The Morgan fingerprint density at radius 1 is 1.07 bits per heavy atom. The summed E-state index contributed by atoms with van der Waals surface area (Å²) in [6.45, 7) is 6.40. The average Bonchev–Trinajstić information content (AvgIpc) is 3.32. The summed E-state index contributed by atoms with van der Waals surface area (Å²) in [6.07, 6.45) is 12.5. The van der Waals surface area contributed by atoms with Gasteiger partial charge in [-0.05, 0) is 58.6 Å². The van der Waals surface area contributed by atoms with Crippen molar-refractivity contribution in [2.75, 3.05) is 4.90 Å². The van der Waals surface area contributed by atoms with Gasteiger partial charge in [-0.25, -0.2) is 9.97 Å². The van der Waals surface area contributed by atoms with E-state index in [0.29, 0.717) is 5.92 Å².